The summed E-state index contributed by atoms with van der Waals surface area (Å²) in [5.74, 6) is 0.106. The molecule has 0 N–H and O–H groups in total. The summed E-state index contributed by atoms with van der Waals surface area (Å²) in [7, 11) is 1.76. The van der Waals surface area contributed by atoms with Gasteiger partial charge >= 0.3 is 0 Å². The van der Waals surface area contributed by atoms with Crippen LogP contribution in [-0.4, -0.2) is 55.2 Å². The lowest BCUT2D eigenvalue weighted by molar-refractivity contribution is -0.156. The zero-order valence-electron chi connectivity index (χ0n) is 10.3. The molecule has 2 rings (SSSR count). The number of ether oxygens (including phenoxy) is 2. The number of alkyl halides is 1. The van der Waals surface area contributed by atoms with E-state index < -0.39 is 0 Å². The van der Waals surface area contributed by atoms with Crippen LogP contribution in [0.15, 0.2) is 0 Å². The lowest BCUT2D eigenvalue weighted by atomic mass is 9.83. The second kappa shape index (κ2) is 5.55. The summed E-state index contributed by atoms with van der Waals surface area (Å²) in [6.45, 7) is 2.27. The maximum Gasteiger partial charge on any atom is 0.237 e. The van der Waals surface area contributed by atoms with E-state index in [2.05, 4.69) is 0 Å². The molecule has 98 valence electrons. The van der Waals surface area contributed by atoms with Crippen molar-refractivity contribution in [3.8, 4) is 0 Å². The Hall–Kier alpha value is -0.320. The van der Waals surface area contributed by atoms with Crippen molar-refractivity contribution in [2.75, 3.05) is 32.7 Å². The topological polar surface area (TPSA) is 38.8 Å². The minimum atomic E-state index is -0.0674. The first-order chi connectivity index (χ1) is 8.19. The largest absolute Gasteiger partial charge is 0.381 e. The molecule has 0 bridgehead atoms. The molecule has 2 aliphatic heterocycles. The van der Waals surface area contributed by atoms with E-state index in [0.29, 0.717) is 6.10 Å². The first kappa shape index (κ1) is 13.1. The summed E-state index contributed by atoms with van der Waals surface area (Å²) in [5.41, 5.74) is -0.0674. The van der Waals surface area contributed by atoms with Gasteiger partial charge in [-0.2, -0.15) is 0 Å². The Morgan fingerprint density at radius 2 is 2.24 bits per heavy atom. The number of nitrogens with zero attached hydrogens (tertiary/aromatic N) is 1. The molecule has 1 atom stereocenters. The molecule has 0 aromatic carbocycles. The zero-order chi connectivity index (χ0) is 12.3. The fourth-order valence-corrected chi connectivity index (χ4v) is 2.95. The van der Waals surface area contributed by atoms with Crippen LogP contribution >= 0.6 is 11.6 Å². The van der Waals surface area contributed by atoms with Gasteiger partial charge in [0, 0.05) is 33.2 Å². The summed E-state index contributed by atoms with van der Waals surface area (Å²) >= 11 is 5.57. The van der Waals surface area contributed by atoms with E-state index in [1.807, 2.05) is 4.90 Å². The van der Waals surface area contributed by atoms with E-state index in [4.69, 9.17) is 21.1 Å². The fraction of sp³-hybridized carbons (Fsp3) is 0.917. The zero-order valence-corrected chi connectivity index (χ0v) is 11.0. The number of hydrogen-bond donors (Lipinski definition) is 0. The van der Waals surface area contributed by atoms with Crippen LogP contribution in [0.5, 0.6) is 0 Å². The van der Waals surface area contributed by atoms with E-state index >= 15 is 0 Å². The molecule has 1 unspecified atom stereocenters. The van der Waals surface area contributed by atoms with Gasteiger partial charge in [-0.15, -0.1) is 11.6 Å². The highest BCUT2D eigenvalue weighted by Crippen LogP contribution is 2.35. The van der Waals surface area contributed by atoms with Crippen LogP contribution in [-0.2, 0) is 14.3 Å². The molecular weight excluding hydrogens is 242 g/mol. The highest BCUT2D eigenvalue weighted by Gasteiger charge is 2.41. The molecule has 2 fully saturated rings. The second-order valence-electron chi connectivity index (χ2n) is 4.90. The smallest absolute Gasteiger partial charge is 0.237 e. The number of rotatable bonds is 2. The van der Waals surface area contributed by atoms with E-state index in [-0.39, 0.29) is 17.4 Å². The van der Waals surface area contributed by atoms with E-state index in [1.165, 1.54) is 0 Å². The van der Waals surface area contributed by atoms with Crippen molar-refractivity contribution < 1.29 is 14.3 Å². The minimum Gasteiger partial charge on any atom is -0.381 e. The SMILES string of the molecule is COC1CCOC2(CCN(C(=O)CCl)CC2)C1. The van der Waals surface area contributed by atoms with Crippen molar-refractivity contribution in [2.45, 2.75) is 37.4 Å². The Morgan fingerprint density at radius 1 is 1.53 bits per heavy atom. The maximum absolute atomic E-state index is 11.5. The summed E-state index contributed by atoms with van der Waals surface area (Å²) < 4.78 is 11.4. The van der Waals surface area contributed by atoms with Gasteiger partial charge in [-0.1, -0.05) is 0 Å². The van der Waals surface area contributed by atoms with Gasteiger partial charge in [-0.05, 0) is 19.3 Å². The lowest BCUT2D eigenvalue weighted by Gasteiger charge is -2.45. The lowest BCUT2D eigenvalue weighted by Crippen LogP contribution is -2.52. The quantitative estimate of drug-likeness (QED) is 0.706. The summed E-state index contributed by atoms with van der Waals surface area (Å²) in [5, 5.41) is 0. The Labute approximate surface area is 107 Å². The molecule has 1 amide bonds. The highest BCUT2D eigenvalue weighted by molar-refractivity contribution is 6.27. The second-order valence-corrected chi connectivity index (χ2v) is 5.16. The predicted octanol–water partition coefficient (Wildman–Crippen LogP) is 1.41. The molecule has 0 saturated carbocycles. The first-order valence-electron chi connectivity index (χ1n) is 6.19. The number of piperidine rings is 1. The number of hydrogen-bond acceptors (Lipinski definition) is 3. The minimum absolute atomic E-state index is 0.0283. The molecule has 2 heterocycles. The Kier molecular flexibility index (Phi) is 4.28. The van der Waals surface area contributed by atoms with Crippen molar-refractivity contribution in [1.82, 2.24) is 4.90 Å². The average molecular weight is 262 g/mol. The van der Waals surface area contributed by atoms with Gasteiger partial charge in [-0.3, -0.25) is 4.79 Å². The number of carbonyl (C=O) groups excluding carboxylic acids is 1. The molecule has 1 spiro atoms. The van der Waals surface area contributed by atoms with E-state index in [9.17, 15) is 4.79 Å². The van der Waals surface area contributed by atoms with Gasteiger partial charge in [-0.25, -0.2) is 0 Å². The number of amides is 1. The standard InChI is InChI=1S/C12H20ClNO3/c1-16-10-2-7-17-12(8-10)3-5-14(6-4-12)11(15)9-13/h10H,2-9H2,1H3. The van der Waals surface area contributed by atoms with Gasteiger partial charge in [0.25, 0.3) is 0 Å². The molecule has 17 heavy (non-hydrogen) atoms. The predicted molar refractivity (Wildman–Crippen MR) is 65.2 cm³/mol. The molecule has 4 nitrogen and oxygen atoms in total. The van der Waals surface area contributed by atoms with Crippen molar-refractivity contribution >= 4 is 17.5 Å². The normalized spacial score (nSPS) is 28.4. The van der Waals surface area contributed by atoms with Crippen LogP contribution in [0.4, 0.5) is 0 Å². The number of carbonyl (C=O) groups is 1. The van der Waals surface area contributed by atoms with Gasteiger partial charge in [0.15, 0.2) is 0 Å². The van der Waals surface area contributed by atoms with Crippen molar-refractivity contribution in [1.29, 1.82) is 0 Å². The van der Waals surface area contributed by atoms with Crippen LogP contribution in [0.3, 0.4) is 0 Å². The van der Waals surface area contributed by atoms with E-state index in [0.717, 1.165) is 45.4 Å². The third-order valence-electron chi connectivity index (χ3n) is 3.92. The highest BCUT2D eigenvalue weighted by atomic mass is 35.5. The van der Waals surface area contributed by atoms with Gasteiger partial charge < -0.3 is 14.4 Å². The van der Waals surface area contributed by atoms with Crippen molar-refractivity contribution in [3.05, 3.63) is 0 Å². The molecule has 0 radical (unpaired) electrons. The summed E-state index contributed by atoms with van der Waals surface area (Å²) in [6.07, 6.45) is 4.03. The van der Waals surface area contributed by atoms with Gasteiger partial charge in [0.1, 0.15) is 5.88 Å². The van der Waals surface area contributed by atoms with Crippen molar-refractivity contribution in [2.24, 2.45) is 0 Å². The molecular formula is C12H20ClNO3. The Balaban J connectivity index is 1.90. The Morgan fingerprint density at radius 3 is 2.82 bits per heavy atom. The van der Waals surface area contributed by atoms with Crippen LogP contribution in [0, 0.1) is 0 Å². The average Bonchev–Trinajstić information content (AvgIpc) is 2.39. The third kappa shape index (κ3) is 2.92. The third-order valence-corrected chi connectivity index (χ3v) is 4.15. The number of methoxy groups -OCH3 is 1. The molecule has 0 aromatic heterocycles. The Bertz CT molecular complexity index is 277. The van der Waals surface area contributed by atoms with Crippen LogP contribution in [0.1, 0.15) is 25.7 Å². The van der Waals surface area contributed by atoms with Crippen molar-refractivity contribution in [3.63, 3.8) is 0 Å². The van der Waals surface area contributed by atoms with E-state index in [1.54, 1.807) is 7.11 Å². The molecule has 5 heteroatoms. The number of halogens is 1. The van der Waals surface area contributed by atoms with Gasteiger partial charge in [0.05, 0.1) is 11.7 Å². The molecule has 0 aromatic rings. The fourth-order valence-electron chi connectivity index (χ4n) is 2.78. The summed E-state index contributed by atoms with van der Waals surface area (Å²) in [4.78, 5) is 13.3. The van der Waals surface area contributed by atoms with Gasteiger partial charge in [0.2, 0.25) is 5.91 Å². The molecule has 0 aliphatic carbocycles. The van der Waals surface area contributed by atoms with Crippen LogP contribution < -0.4 is 0 Å². The molecule has 2 saturated heterocycles. The first-order valence-corrected chi connectivity index (χ1v) is 6.73. The van der Waals surface area contributed by atoms with Crippen LogP contribution in [0.25, 0.3) is 0 Å². The molecule has 2 aliphatic rings. The van der Waals surface area contributed by atoms with Crippen LogP contribution in [0.2, 0.25) is 0 Å². The summed E-state index contributed by atoms with van der Waals surface area (Å²) in [6, 6.07) is 0. The number of likely N-dealkylation sites (tertiary alicyclic amines) is 1. The monoisotopic (exact) mass is 261 g/mol. The maximum atomic E-state index is 11.5.